The zero-order chi connectivity index (χ0) is 15.6. The summed E-state index contributed by atoms with van der Waals surface area (Å²) in [6.45, 7) is 0.749. The van der Waals surface area contributed by atoms with E-state index in [2.05, 4.69) is 0 Å². The van der Waals surface area contributed by atoms with Crippen molar-refractivity contribution in [1.29, 1.82) is 0 Å². The van der Waals surface area contributed by atoms with Crippen molar-refractivity contribution in [3.8, 4) is 0 Å². The third-order valence-corrected chi connectivity index (χ3v) is 4.97. The van der Waals surface area contributed by atoms with Crippen LogP contribution in [0.25, 0.3) is 0 Å². The highest BCUT2D eigenvalue weighted by Crippen LogP contribution is 2.43. The van der Waals surface area contributed by atoms with Gasteiger partial charge in [0.25, 0.3) is 0 Å². The van der Waals surface area contributed by atoms with E-state index in [0.717, 1.165) is 19.3 Å². The highest BCUT2D eigenvalue weighted by Gasteiger charge is 2.43. The molecule has 1 aliphatic heterocycles. The minimum Gasteiger partial charge on any atom is -0.481 e. The van der Waals surface area contributed by atoms with Crippen molar-refractivity contribution in [2.75, 3.05) is 19.6 Å². The van der Waals surface area contributed by atoms with Crippen LogP contribution < -0.4 is 5.73 Å². The van der Waals surface area contributed by atoms with Crippen LogP contribution in [0.4, 0.5) is 0 Å². The van der Waals surface area contributed by atoms with Crippen molar-refractivity contribution in [2.45, 2.75) is 32.1 Å². The minimum absolute atomic E-state index is 0.0220. The maximum Gasteiger partial charge on any atom is 0.309 e. The van der Waals surface area contributed by atoms with Gasteiger partial charge < -0.3 is 20.8 Å². The molecule has 2 atom stereocenters. The summed E-state index contributed by atoms with van der Waals surface area (Å²) in [5.41, 5.74) is 5.62. The first-order chi connectivity index (χ1) is 9.88. The van der Waals surface area contributed by atoms with E-state index in [1.165, 1.54) is 4.90 Å². The minimum atomic E-state index is -1.16. The number of carbonyl (C=O) groups is 3. The summed E-state index contributed by atoms with van der Waals surface area (Å²) in [4.78, 5) is 36.2. The molecule has 2 rings (SSSR count). The summed E-state index contributed by atoms with van der Waals surface area (Å²) < 4.78 is 0. The van der Waals surface area contributed by atoms with Gasteiger partial charge in [-0.25, -0.2) is 0 Å². The molecule has 7 heteroatoms. The average Bonchev–Trinajstić information content (AvgIpc) is 2.41. The second-order valence-corrected chi connectivity index (χ2v) is 6.25. The topological polar surface area (TPSA) is 121 Å². The molecule has 2 aliphatic rings. The Morgan fingerprint density at radius 1 is 1.14 bits per heavy atom. The number of nitrogens with two attached hydrogens (primary N) is 1. The molecule has 0 spiro atoms. The summed E-state index contributed by atoms with van der Waals surface area (Å²) in [6, 6.07) is 0. The van der Waals surface area contributed by atoms with E-state index >= 15 is 0 Å². The van der Waals surface area contributed by atoms with Gasteiger partial charge in [0.05, 0.1) is 11.8 Å². The van der Waals surface area contributed by atoms with Crippen LogP contribution in [0.15, 0.2) is 0 Å². The van der Waals surface area contributed by atoms with Gasteiger partial charge >= 0.3 is 11.9 Å². The van der Waals surface area contributed by atoms with Crippen molar-refractivity contribution >= 4 is 17.8 Å². The first-order valence-corrected chi connectivity index (χ1v) is 7.32. The summed E-state index contributed by atoms with van der Waals surface area (Å²) in [6.07, 6.45) is 3.47. The van der Waals surface area contributed by atoms with Crippen LogP contribution in [0.2, 0.25) is 0 Å². The zero-order valence-corrected chi connectivity index (χ0v) is 12.0. The standard InChI is InChI=1S/C14H22N2O5/c15-8-14(3-1-4-14)6-11(17)16-5-2-9(12(18)19)10(7-16)13(20)21/h9-10H,1-8,15H2,(H,18,19)(H,20,21). The lowest BCUT2D eigenvalue weighted by Gasteiger charge is -2.43. The number of carboxylic acid groups (broad SMARTS) is 2. The molecule has 0 aromatic rings. The van der Waals surface area contributed by atoms with Gasteiger partial charge in [0.1, 0.15) is 0 Å². The van der Waals surface area contributed by atoms with Crippen LogP contribution in [0, 0.1) is 17.3 Å². The maximum atomic E-state index is 12.3. The van der Waals surface area contributed by atoms with Crippen LogP contribution in [0.5, 0.6) is 0 Å². The SMILES string of the molecule is NCC1(CC(=O)N2CCC(C(=O)O)C(C(=O)O)C2)CCC1. The predicted molar refractivity (Wildman–Crippen MR) is 73.4 cm³/mol. The van der Waals surface area contributed by atoms with Gasteiger partial charge in [0.15, 0.2) is 0 Å². The lowest BCUT2D eigenvalue weighted by molar-refractivity contribution is -0.159. The molecule has 0 bridgehead atoms. The first kappa shape index (κ1) is 15.8. The van der Waals surface area contributed by atoms with Gasteiger partial charge in [-0.15, -0.1) is 0 Å². The van der Waals surface area contributed by atoms with Crippen molar-refractivity contribution in [2.24, 2.45) is 23.0 Å². The fourth-order valence-electron chi connectivity index (χ4n) is 3.29. The highest BCUT2D eigenvalue weighted by molar-refractivity contribution is 5.83. The molecule has 0 aromatic heterocycles. The van der Waals surface area contributed by atoms with Gasteiger partial charge in [0.2, 0.25) is 5.91 Å². The summed E-state index contributed by atoms with van der Waals surface area (Å²) in [7, 11) is 0. The fraction of sp³-hybridized carbons (Fsp3) is 0.786. The molecule has 2 fully saturated rings. The maximum absolute atomic E-state index is 12.3. The van der Waals surface area contributed by atoms with Crippen LogP contribution in [0.3, 0.4) is 0 Å². The van der Waals surface area contributed by atoms with E-state index < -0.39 is 23.8 Å². The number of nitrogens with zero attached hydrogens (tertiary/aromatic N) is 1. The lowest BCUT2D eigenvalue weighted by Crippen LogP contribution is -2.50. The Morgan fingerprint density at radius 2 is 1.76 bits per heavy atom. The Bertz CT molecular complexity index is 441. The van der Waals surface area contributed by atoms with E-state index in [9.17, 15) is 19.5 Å². The second kappa shape index (κ2) is 6.01. The fourth-order valence-corrected chi connectivity index (χ4v) is 3.29. The van der Waals surface area contributed by atoms with E-state index in [0.29, 0.717) is 19.5 Å². The van der Waals surface area contributed by atoms with Gasteiger partial charge in [-0.05, 0) is 31.2 Å². The number of amides is 1. The largest absolute Gasteiger partial charge is 0.481 e. The van der Waals surface area contributed by atoms with E-state index in [4.69, 9.17) is 10.8 Å². The Hall–Kier alpha value is -1.63. The molecule has 1 saturated carbocycles. The molecular formula is C14H22N2O5. The van der Waals surface area contributed by atoms with Crippen molar-refractivity contribution in [3.05, 3.63) is 0 Å². The second-order valence-electron chi connectivity index (χ2n) is 6.25. The number of aliphatic carboxylic acids is 2. The average molecular weight is 298 g/mol. The molecule has 0 aromatic carbocycles. The summed E-state index contributed by atoms with van der Waals surface area (Å²) in [5.74, 6) is -4.31. The Labute approximate surface area is 123 Å². The summed E-state index contributed by atoms with van der Waals surface area (Å²) >= 11 is 0. The Kier molecular flexibility index (Phi) is 4.51. The first-order valence-electron chi connectivity index (χ1n) is 7.32. The van der Waals surface area contributed by atoms with Crippen molar-refractivity contribution in [1.82, 2.24) is 4.90 Å². The molecule has 7 nitrogen and oxygen atoms in total. The molecule has 1 heterocycles. The molecule has 118 valence electrons. The molecule has 4 N–H and O–H groups in total. The number of carbonyl (C=O) groups excluding carboxylic acids is 1. The smallest absolute Gasteiger partial charge is 0.309 e. The number of rotatable bonds is 5. The van der Waals surface area contributed by atoms with Crippen LogP contribution >= 0.6 is 0 Å². The third-order valence-electron chi connectivity index (χ3n) is 4.97. The van der Waals surface area contributed by atoms with Crippen LogP contribution in [-0.4, -0.2) is 52.6 Å². The quantitative estimate of drug-likeness (QED) is 0.664. The Morgan fingerprint density at radius 3 is 2.19 bits per heavy atom. The zero-order valence-electron chi connectivity index (χ0n) is 12.0. The molecule has 1 aliphatic carbocycles. The van der Waals surface area contributed by atoms with E-state index in [1.54, 1.807) is 0 Å². The third kappa shape index (κ3) is 3.18. The molecule has 1 saturated heterocycles. The predicted octanol–water partition coefficient (Wildman–Crippen LogP) is 0.139. The molecule has 1 amide bonds. The Balaban J connectivity index is 2.00. The lowest BCUT2D eigenvalue weighted by atomic mass is 9.66. The van der Waals surface area contributed by atoms with Crippen molar-refractivity contribution < 1.29 is 24.6 Å². The molecule has 0 radical (unpaired) electrons. The van der Waals surface area contributed by atoms with E-state index in [1.807, 2.05) is 0 Å². The van der Waals surface area contributed by atoms with Crippen molar-refractivity contribution in [3.63, 3.8) is 0 Å². The number of hydrogen-bond donors (Lipinski definition) is 3. The van der Waals surface area contributed by atoms with Gasteiger partial charge in [0, 0.05) is 19.5 Å². The molecule has 2 unspecified atom stereocenters. The number of piperidine rings is 1. The molecule has 21 heavy (non-hydrogen) atoms. The number of carboxylic acids is 2. The van der Waals surface area contributed by atoms with Gasteiger partial charge in [-0.1, -0.05) is 6.42 Å². The van der Waals surface area contributed by atoms with E-state index in [-0.39, 0.29) is 24.3 Å². The molecular weight excluding hydrogens is 276 g/mol. The highest BCUT2D eigenvalue weighted by atomic mass is 16.4. The van der Waals surface area contributed by atoms with Gasteiger partial charge in [-0.3, -0.25) is 14.4 Å². The van der Waals surface area contributed by atoms with Crippen LogP contribution in [0.1, 0.15) is 32.1 Å². The monoisotopic (exact) mass is 298 g/mol. The van der Waals surface area contributed by atoms with Crippen LogP contribution in [-0.2, 0) is 14.4 Å². The van der Waals surface area contributed by atoms with Gasteiger partial charge in [-0.2, -0.15) is 0 Å². The number of likely N-dealkylation sites (tertiary alicyclic amines) is 1. The number of hydrogen-bond acceptors (Lipinski definition) is 4. The normalized spacial score (nSPS) is 27.8. The summed E-state index contributed by atoms with van der Waals surface area (Å²) in [5, 5.41) is 18.2.